The SMILES string of the molecule is CCCCNc1ccccc1C(=O)N1CCC[C@@H](N2CCNC2=O)C1. The average molecular weight is 344 g/mol. The maximum absolute atomic E-state index is 13.1. The van der Waals surface area contributed by atoms with Crippen molar-refractivity contribution in [1.82, 2.24) is 15.1 Å². The minimum atomic E-state index is 0.000862. The summed E-state index contributed by atoms with van der Waals surface area (Å²) >= 11 is 0. The van der Waals surface area contributed by atoms with Gasteiger partial charge in [-0.05, 0) is 31.4 Å². The van der Waals surface area contributed by atoms with Crippen molar-refractivity contribution in [2.24, 2.45) is 0 Å². The number of hydrogen-bond acceptors (Lipinski definition) is 3. The van der Waals surface area contributed by atoms with Crippen LogP contribution in [-0.4, -0.2) is 60.5 Å². The third-order valence-corrected chi connectivity index (χ3v) is 5.02. The second kappa shape index (κ2) is 8.23. The topological polar surface area (TPSA) is 64.7 Å². The zero-order valence-electron chi connectivity index (χ0n) is 15.0. The van der Waals surface area contributed by atoms with E-state index in [2.05, 4.69) is 17.6 Å². The molecule has 1 aromatic carbocycles. The van der Waals surface area contributed by atoms with E-state index in [0.717, 1.165) is 56.6 Å². The van der Waals surface area contributed by atoms with Crippen molar-refractivity contribution in [3.05, 3.63) is 29.8 Å². The molecule has 3 rings (SSSR count). The Hall–Kier alpha value is -2.24. The van der Waals surface area contributed by atoms with E-state index < -0.39 is 0 Å². The maximum Gasteiger partial charge on any atom is 0.317 e. The lowest BCUT2D eigenvalue weighted by Crippen LogP contribution is -2.50. The summed E-state index contributed by atoms with van der Waals surface area (Å²) in [7, 11) is 0. The van der Waals surface area contributed by atoms with Crippen LogP contribution in [-0.2, 0) is 0 Å². The molecule has 0 saturated carbocycles. The number of anilines is 1. The van der Waals surface area contributed by atoms with Gasteiger partial charge in [-0.15, -0.1) is 0 Å². The highest BCUT2D eigenvalue weighted by Crippen LogP contribution is 2.22. The average Bonchev–Trinajstić information content (AvgIpc) is 3.08. The van der Waals surface area contributed by atoms with Crippen LogP contribution in [0.25, 0.3) is 0 Å². The van der Waals surface area contributed by atoms with Crippen LogP contribution in [0.4, 0.5) is 10.5 Å². The summed E-state index contributed by atoms with van der Waals surface area (Å²) in [6.07, 6.45) is 4.10. The molecule has 2 N–H and O–H groups in total. The lowest BCUT2D eigenvalue weighted by molar-refractivity contribution is 0.0635. The first-order chi connectivity index (χ1) is 12.2. The van der Waals surface area contributed by atoms with Gasteiger partial charge in [0.2, 0.25) is 0 Å². The van der Waals surface area contributed by atoms with E-state index in [1.807, 2.05) is 34.1 Å². The lowest BCUT2D eigenvalue weighted by atomic mass is 10.0. The Labute approximate surface area is 149 Å². The molecule has 2 aliphatic heterocycles. The van der Waals surface area contributed by atoms with Crippen LogP contribution in [0.15, 0.2) is 24.3 Å². The van der Waals surface area contributed by atoms with Gasteiger partial charge in [0.05, 0.1) is 11.6 Å². The fraction of sp³-hybridized carbons (Fsp3) is 0.579. The van der Waals surface area contributed by atoms with Crippen molar-refractivity contribution in [1.29, 1.82) is 0 Å². The molecule has 0 spiro atoms. The number of unbranched alkanes of at least 4 members (excludes halogenated alkanes) is 1. The number of amides is 3. The molecule has 136 valence electrons. The first-order valence-electron chi connectivity index (χ1n) is 9.37. The third-order valence-electron chi connectivity index (χ3n) is 5.02. The molecule has 0 aromatic heterocycles. The summed E-state index contributed by atoms with van der Waals surface area (Å²) in [5, 5.41) is 6.24. The highest BCUT2D eigenvalue weighted by molar-refractivity contribution is 5.99. The van der Waals surface area contributed by atoms with Gasteiger partial charge in [-0.1, -0.05) is 25.5 Å². The second-order valence-corrected chi connectivity index (χ2v) is 6.80. The van der Waals surface area contributed by atoms with Gasteiger partial charge in [0.25, 0.3) is 5.91 Å². The summed E-state index contributed by atoms with van der Waals surface area (Å²) < 4.78 is 0. The van der Waals surface area contributed by atoms with Crippen molar-refractivity contribution < 1.29 is 9.59 Å². The molecule has 2 saturated heterocycles. The smallest absolute Gasteiger partial charge is 0.317 e. The van der Waals surface area contributed by atoms with E-state index in [1.54, 1.807) is 0 Å². The summed E-state index contributed by atoms with van der Waals surface area (Å²) in [4.78, 5) is 28.8. The molecule has 0 bridgehead atoms. The molecular weight excluding hydrogens is 316 g/mol. The standard InChI is InChI=1S/C19H28N4O2/c1-2-3-10-20-17-9-5-4-8-16(17)18(24)22-12-6-7-15(14-22)23-13-11-21-19(23)25/h4-5,8-9,15,20H,2-3,6-7,10-14H2,1H3,(H,21,25)/t15-/m1/s1. The number of likely N-dealkylation sites (tertiary alicyclic amines) is 1. The van der Waals surface area contributed by atoms with Gasteiger partial charge in [-0.25, -0.2) is 4.79 Å². The summed E-state index contributed by atoms with van der Waals surface area (Å²) in [6, 6.07) is 7.86. The van der Waals surface area contributed by atoms with Gasteiger partial charge >= 0.3 is 6.03 Å². The molecule has 1 aromatic rings. The van der Waals surface area contributed by atoms with Crippen LogP contribution >= 0.6 is 0 Å². The Morgan fingerprint density at radius 2 is 2.16 bits per heavy atom. The first kappa shape index (κ1) is 17.6. The van der Waals surface area contributed by atoms with Crippen molar-refractivity contribution in [2.45, 2.75) is 38.6 Å². The van der Waals surface area contributed by atoms with E-state index in [0.29, 0.717) is 13.1 Å². The minimum absolute atomic E-state index is 0.000862. The number of nitrogens with one attached hydrogen (secondary N) is 2. The quantitative estimate of drug-likeness (QED) is 0.780. The summed E-state index contributed by atoms with van der Waals surface area (Å²) in [5.41, 5.74) is 1.63. The van der Waals surface area contributed by atoms with E-state index in [9.17, 15) is 9.59 Å². The van der Waals surface area contributed by atoms with Gasteiger partial charge in [-0.2, -0.15) is 0 Å². The molecule has 2 heterocycles. The molecule has 0 unspecified atom stereocenters. The normalized spacial score (nSPS) is 20.5. The Kier molecular flexibility index (Phi) is 5.79. The van der Waals surface area contributed by atoms with Gasteiger partial charge in [-0.3, -0.25) is 4.79 Å². The molecule has 2 fully saturated rings. The summed E-state index contributed by atoms with van der Waals surface area (Å²) in [6.45, 7) is 5.84. The molecular formula is C19H28N4O2. The molecule has 1 atom stereocenters. The van der Waals surface area contributed by atoms with Crippen LogP contribution in [0.1, 0.15) is 43.0 Å². The fourth-order valence-corrected chi connectivity index (χ4v) is 3.62. The molecule has 2 aliphatic rings. The minimum Gasteiger partial charge on any atom is -0.384 e. The zero-order chi connectivity index (χ0) is 17.6. The monoisotopic (exact) mass is 344 g/mol. The number of carbonyl (C=O) groups is 2. The largest absolute Gasteiger partial charge is 0.384 e. The van der Waals surface area contributed by atoms with Crippen molar-refractivity contribution in [2.75, 3.05) is 38.0 Å². The molecule has 0 radical (unpaired) electrons. The number of hydrogen-bond donors (Lipinski definition) is 2. The van der Waals surface area contributed by atoms with Crippen molar-refractivity contribution in [3.8, 4) is 0 Å². The number of piperidine rings is 1. The number of carbonyl (C=O) groups excluding carboxylic acids is 2. The van der Waals surface area contributed by atoms with E-state index in [4.69, 9.17) is 0 Å². The van der Waals surface area contributed by atoms with Crippen molar-refractivity contribution >= 4 is 17.6 Å². The Morgan fingerprint density at radius 1 is 1.32 bits per heavy atom. The molecule has 3 amide bonds. The Bertz CT molecular complexity index is 619. The molecule has 25 heavy (non-hydrogen) atoms. The zero-order valence-corrected chi connectivity index (χ0v) is 15.0. The van der Waals surface area contributed by atoms with Crippen LogP contribution in [0.3, 0.4) is 0 Å². The number of para-hydroxylation sites is 1. The van der Waals surface area contributed by atoms with Gasteiger partial charge in [0.15, 0.2) is 0 Å². The highest BCUT2D eigenvalue weighted by Gasteiger charge is 2.33. The predicted molar refractivity (Wildman–Crippen MR) is 98.9 cm³/mol. The molecule has 0 aliphatic carbocycles. The highest BCUT2D eigenvalue weighted by atomic mass is 16.2. The second-order valence-electron chi connectivity index (χ2n) is 6.80. The number of benzene rings is 1. The van der Waals surface area contributed by atoms with Gasteiger partial charge in [0.1, 0.15) is 0 Å². The Balaban J connectivity index is 1.69. The van der Waals surface area contributed by atoms with Crippen LogP contribution in [0, 0.1) is 0 Å². The van der Waals surface area contributed by atoms with Crippen LogP contribution < -0.4 is 10.6 Å². The van der Waals surface area contributed by atoms with E-state index in [-0.39, 0.29) is 18.0 Å². The van der Waals surface area contributed by atoms with Gasteiger partial charge in [0, 0.05) is 38.4 Å². The van der Waals surface area contributed by atoms with E-state index in [1.165, 1.54) is 0 Å². The van der Waals surface area contributed by atoms with Crippen molar-refractivity contribution in [3.63, 3.8) is 0 Å². The lowest BCUT2D eigenvalue weighted by Gasteiger charge is -2.37. The predicted octanol–water partition coefficient (Wildman–Crippen LogP) is 2.53. The van der Waals surface area contributed by atoms with E-state index >= 15 is 0 Å². The number of nitrogens with zero attached hydrogens (tertiary/aromatic N) is 2. The van der Waals surface area contributed by atoms with Crippen LogP contribution in [0.5, 0.6) is 0 Å². The Morgan fingerprint density at radius 3 is 2.92 bits per heavy atom. The fourth-order valence-electron chi connectivity index (χ4n) is 3.62. The molecule has 6 heteroatoms. The molecule has 6 nitrogen and oxygen atoms in total. The number of rotatable bonds is 6. The first-order valence-corrected chi connectivity index (χ1v) is 9.37. The van der Waals surface area contributed by atoms with Gasteiger partial charge < -0.3 is 20.4 Å². The summed E-state index contributed by atoms with van der Waals surface area (Å²) in [5.74, 6) is 0.0592. The third kappa shape index (κ3) is 4.06. The maximum atomic E-state index is 13.1. The number of urea groups is 1. The van der Waals surface area contributed by atoms with Crippen LogP contribution in [0.2, 0.25) is 0 Å².